The summed E-state index contributed by atoms with van der Waals surface area (Å²) in [4.78, 5) is 36.5. The van der Waals surface area contributed by atoms with Crippen LogP contribution in [0.5, 0.6) is 0 Å². The molecule has 154 valence electrons. The number of nitrogens with one attached hydrogen (secondary N) is 3. The van der Waals surface area contributed by atoms with Gasteiger partial charge in [-0.1, -0.05) is 0 Å². The standard InChI is InChI=1S/C20H31N5O3/c1-12(2)25-13(3)9-16(24-25)18(27)22-14-5-7-15(8-6-14)23-19(28)20(4)10-17(26)21-11-20/h9,12,14-15H,5-8,10-11H2,1-4H3,(H,21,26)(H,22,27)(H,23,28). The largest absolute Gasteiger partial charge is 0.355 e. The summed E-state index contributed by atoms with van der Waals surface area (Å²) < 4.78 is 1.85. The quantitative estimate of drug-likeness (QED) is 0.709. The molecule has 1 aliphatic carbocycles. The highest BCUT2D eigenvalue weighted by Crippen LogP contribution is 2.27. The molecule has 1 aliphatic heterocycles. The van der Waals surface area contributed by atoms with Crippen molar-refractivity contribution in [1.29, 1.82) is 0 Å². The van der Waals surface area contributed by atoms with Crippen LogP contribution in [-0.4, -0.2) is 46.1 Å². The van der Waals surface area contributed by atoms with Crippen LogP contribution >= 0.6 is 0 Å². The van der Waals surface area contributed by atoms with Gasteiger partial charge in [0.2, 0.25) is 11.8 Å². The van der Waals surface area contributed by atoms with Crippen LogP contribution in [-0.2, 0) is 9.59 Å². The van der Waals surface area contributed by atoms with Gasteiger partial charge in [-0.15, -0.1) is 0 Å². The number of hydrogen-bond acceptors (Lipinski definition) is 4. The number of aryl methyl sites for hydroxylation is 1. The Labute approximate surface area is 165 Å². The van der Waals surface area contributed by atoms with Crippen LogP contribution in [0.4, 0.5) is 0 Å². The molecule has 3 N–H and O–H groups in total. The molecule has 1 saturated carbocycles. The zero-order chi connectivity index (χ0) is 20.5. The molecule has 2 aliphatic rings. The second-order valence-corrected chi connectivity index (χ2v) is 8.72. The minimum atomic E-state index is -0.657. The molecule has 3 amide bonds. The predicted octanol–water partition coefficient (Wildman–Crippen LogP) is 1.46. The normalized spacial score (nSPS) is 27.5. The molecule has 1 aromatic heterocycles. The van der Waals surface area contributed by atoms with Crippen LogP contribution in [0.25, 0.3) is 0 Å². The van der Waals surface area contributed by atoms with E-state index in [1.165, 1.54) is 0 Å². The number of rotatable bonds is 5. The van der Waals surface area contributed by atoms with Crippen LogP contribution in [0, 0.1) is 12.3 Å². The Kier molecular flexibility index (Phi) is 5.76. The Morgan fingerprint density at radius 1 is 1.21 bits per heavy atom. The molecule has 1 aromatic rings. The van der Waals surface area contributed by atoms with Crippen molar-refractivity contribution in [2.24, 2.45) is 5.41 Å². The fraction of sp³-hybridized carbons (Fsp3) is 0.700. The molecule has 1 unspecified atom stereocenters. The average molecular weight is 390 g/mol. The maximum Gasteiger partial charge on any atom is 0.272 e. The molecular weight excluding hydrogens is 358 g/mol. The molecule has 1 atom stereocenters. The zero-order valence-electron chi connectivity index (χ0n) is 17.2. The van der Waals surface area contributed by atoms with Crippen LogP contribution < -0.4 is 16.0 Å². The fourth-order valence-corrected chi connectivity index (χ4v) is 4.06. The first kappa shape index (κ1) is 20.4. The van der Waals surface area contributed by atoms with Gasteiger partial charge in [-0.3, -0.25) is 19.1 Å². The van der Waals surface area contributed by atoms with Gasteiger partial charge in [-0.25, -0.2) is 0 Å². The summed E-state index contributed by atoms with van der Waals surface area (Å²) in [5, 5.41) is 13.3. The van der Waals surface area contributed by atoms with E-state index in [9.17, 15) is 14.4 Å². The smallest absolute Gasteiger partial charge is 0.272 e. The van der Waals surface area contributed by atoms with Gasteiger partial charge < -0.3 is 16.0 Å². The second kappa shape index (κ2) is 7.93. The Morgan fingerprint density at radius 2 is 1.82 bits per heavy atom. The summed E-state index contributed by atoms with van der Waals surface area (Å²) >= 11 is 0. The highest BCUT2D eigenvalue weighted by Gasteiger charge is 2.41. The van der Waals surface area contributed by atoms with E-state index in [2.05, 4.69) is 21.0 Å². The topological polar surface area (TPSA) is 105 Å². The molecular formula is C20H31N5O3. The molecule has 8 heteroatoms. The summed E-state index contributed by atoms with van der Waals surface area (Å²) in [5.74, 6) is -0.273. The number of nitrogens with zero attached hydrogens (tertiary/aromatic N) is 2. The lowest BCUT2D eigenvalue weighted by molar-refractivity contribution is -0.132. The third-order valence-electron chi connectivity index (χ3n) is 5.82. The average Bonchev–Trinajstić information content (AvgIpc) is 3.20. The summed E-state index contributed by atoms with van der Waals surface area (Å²) in [5.41, 5.74) is 0.766. The summed E-state index contributed by atoms with van der Waals surface area (Å²) in [7, 11) is 0. The molecule has 2 fully saturated rings. The van der Waals surface area contributed by atoms with Gasteiger partial charge in [-0.05, 0) is 59.4 Å². The Hall–Kier alpha value is -2.38. The maximum atomic E-state index is 12.5. The first-order valence-electron chi connectivity index (χ1n) is 10.1. The maximum absolute atomic E-state index is 12.5. The minimum Gasteiger partial charge on any atom is -0.355 e. The number of carbonyl (C=O) groups excluding carboxylic acids is 3. The van der Waals surface area contributed by atoms with E-state index < -0.39 is 5.41 Å². The van der Waals surface area contributed by atoms with Crippen molar-refractivity contribution >= 4 is 17.7 Å². The van der Waals surface area contributed by atoms with Crippen LogP contribution in [0.1, 0.15) is 75.1 Å². The number of hydrogen-bond donors (Lipinski definition) is 3. The van der Waals surface area contributed by atoms with Gasteiger partial charge in [0.25, 0.3) is 5.91 Å². The number of amides is 3. The summed E-state index contributed by atoms with van der Waals surface area (Å²) in [6.45, 7) is 8.24. The first-order chi connectivity index (χ1) is 13.2. The van der Waals surface area contributed by atoms with E-state index in [1.54, 1.807) is 0 Å². The van der Waals surface area contributed by atoms with Crippen molar-refractivity contribution in [2.45, 2.75) is 77.9 Å². The molecule has 1 saturated heterocycles. The van der Waals surface area contributed by atoms with E-state index in [-0.39, 0.29) is 42.3 Å². The van der Waals surface area contributed by atoms with E-state index in [4.69, 9.17) is 0 Å². The third-order valence-corrected chi connectivity index (χ3v) is 5.82. The first-order valence-corrected chi connectivity index (χ1v) is 10.1. The van der Waals surface area contributed by atoms with Gasteiger partial charge >= 0.3 is 0 Å². The Bertz CT molecular complexity index is 764. The van der Waals surface area contributed by atoms with Crippen molar-refractivity contribution in [3.63, 3.8) is 0 Å². The predicted molar refractivity (Wildman–Crippen MR) is 105 cm³/mol. The van der Waals surface area contributed by atoms with Gasteiger partial charge in [0.1, 0.15) is 5.69 Å². The zero-order valence-corrected chi connectivity index (χ0v) is 17.2. The van der Waals surface area contributed by atoms with Crippen molar-refractivity contribution in [3.05, 3.63) is 17.5 Å². The molecule has 0 radical (unpaired) electrons. The third kappa shape index (κ3) is 4.36. The van der Waals surface area contributed by atoms with Gasteiger partial charge in [-0.2, -0.15) is 5.10 Å². The summed E-state index contributed by atoms with van der Waals surface area (Å²) in [6, 6.07) is 2.22. The molecule has 28 heavy (non-hydrogen) atoms. The Balaban J connectivity index is 1.47. The van der Waals surface area contributed by atoms with Gasteiger partial charge in [0.15, 0.2) is 0 Å². The number of aromatic nitrogens is 2. The van der Waals surface area contributed by atoms with Gasteiger partial charge in [0, 0.05) is 36.8 Å². The van der Waals surface area contributed by atoms with Gasteiger partial charge in [0.05, 0.1) is 5.41 Å². The SMILES string of the molecule is Cc1cc(C(=O)NC2CCC(NC(=O)C3(C)CNC(=O)C3)CC2)nn1C(C)C. The van der Waals surface area contributed by atoms with E-state index in [1.807, 2.05) is 38.4 Å². The van der Waals surface area contributed by atoms with E-state index in [0.29, 0.717) is 12.2 Å². The lowest BCUT2D eigenvalue weighted by atomic mass is 9.86. The molecule has 0 aromatic carbocycles. The van der Waals surface area contributed by atoms with E-state index in [0.717, 1.165) is 31.4 Å². The van der Waals surface area contributed by atoms with Crippen LogP contribution in [0.15, 0.2) is 6.07 Å². The Morgan fingerprint density at radius 3 is 2.32 bits per heavy atom. The van der Waals surface area contributed by atoms with Crippen molar-refractivity contribution in [1.82, 2.24) is 25.7 Å². The van der Waals surface area contributed by atoms with Crippen molar-refractivity contribution in [2.75, 3.05) is 6.54 Å². The summed E-state index contributed by atoms with van der Waals surface area (Å²) in [6.07, 6.45) is 3.50. The van der Waals surface area contributed by atoms with E-state index >= 15 is 0 Å². The molecule has 3 rings (SSSR count). The van der Waals surface area contributed by atoms with Crippen molar-refractivity contribution in [3.8, 4) is 0 Å². The molecule has 8 nitrogen and oxygen atoms in total. The lowest BCUT2D eigenvalue weighted by Gasteiger charge is -2.31. The van der Waals surface area contributed by atoms with Crippen LogP contribution in [0.3, 0.4) is 0 Å². The lowest BCUT2D eigenvalue weighted by Crippen LogP contribution is -2.48. The van der Waals surface area contributed by atoms with Crippen molar-refractivity contribution < 1.29 is 14.4 Å². The highest BCUT2D eigenvalue weighted by molar-refractivity contribution is 5.93. The highest BCUT2D eigenvalue weighted by atomic mass is 16.2. The molecule has 2 heterocycles. The van der Waals surface area contributed by atoms with Crippen LogP contribution in [0.2, 0.25) is 0 Å². The molecule has 0 spiro atoms. The minimum absolute atomic E-state index is 0.0620. The molecule has 0 bridgehead atoms. The number of carbonyl (C=O) groups is 3. The fourth-order valence-electron chi connectivity index (χ4n) is 4.06. The second-order valence-electron chi connectivity index (χ2n) is 8.72. The monoisotopic (exact) mass is 389 g/mol.